The number of carbonyl (C=O) groups is 1. The molecule has 0 radical (unpaired) electrons. The van der Waals surface area contributed by atoms with Gasteiger partial charge in [-0.1, -0.05) is 28.0 Å². The molecule has 0 aliphatic carbocycles. The number of rotatable bonds is 5. The molecular weight excluding hydrogens is 396 g/mol. The molecule has 1 amide bonds. The van der Waals surface area contributed by atoms with Crippen molar-refractivity contribution in [2.45, 2.75) is 26.8 Å². The van der Waals surface area contributed by atoms with Crippen LogP contribution in [0.4, 0.5) is 5.95 Å². The first-order chi connectivity index (χ1) is 11.4. The van der Waals surface area contributed by atoms with Crippen LogP contribution in [0, 0.1) is 6.92 Å². The Morgan fingerprint density at radius 1 is 1.46 bits per heavy atom. The van der Waals surface area contributed by atoms with Crippen molar-refractivity contribution in [1.29, 1.82) is 0 Å². The van der Waals surface area contributed by atoms with Crippen LogP contribution in [0.3, 0.4) is 0 Å². The molecule has 128 valence electrons. The van der Waals surface area contributed by atoms with Gasteiger partial charge in [0, 0.05) is 4.47 Å². The molecule has 24 heavy (non-hydrogen) atoms. The van der Waals surface area contributed by atoms with E-state index in [0.29, 0.717) is 17.9 Å². The molecule has 0 fully saturated rings. The molecule has 8 nitrogen and oxygen atoms in total. The van der Waals surface area contributed by atoms with Crippen LogP contribution < -0.4 is 15.4 Å². The van der Waals surface area contributed by atoms with Gasteiger partial charge in [0.15, 0.2) is 5.11 Å². The first kappa shape index (κ1) is 18.3. The first-order valence-electron chi connectivity index (χ1n) is 7.18. The maximum atomic E-state index is 12.4. The molecule has 0 spiro atoms. The number of nitrogens with zero attached hydrogens (tertiary/aromatic N) is 4. The highest BCUT2D eigenvalue weighted by Crippen LogP contribution is 2.27. The minimum absolute atomic E-state index is 0.0794. The number of ether oxygens (including phenoxy) is 1. The Morgan fingerprint density at radius 2 is 2.21 bits per heavy atom. The Morgan fingerprint density at radius 3 is 2.88 bits per heavy atom. The number of anilines is 1. The van der Waals surface area contributed by atoms with Crippen molar-refractivity contribution in [1.82, 2.24) is 25.5 Å². The lowest BCUT2D eigenvalue weighted by Gasteiger charge is -2.12. The Labute approximate surface area is 153 Å². The summed E-state index contributed by atoms with van der Waals surface area (Å²) >= 11 is 8.49. The van der Waals surface area contributed by atoms with E-state index < -0.39 is 5.91 Å². The van der Waals surface area contributed by atoms with E-state index in [0.717, 1.165) is 16.5 Å². The van der Waals surface area contributed by atoms with E-state index in [1.165, 1.54) is 11.9 Å². The maximum Gasteiger partial charge on any atom is 0.269 e. The Bertz CT molecular complexity index is 764. The van der Waals surface area contributed by atoms with Gasteiger partial charge in [0.2, 0.25) is 0 Å². The maximum absolute atomic E-state index is 12.4. The first-order valence-corrected chi connectivity index (χ1v) is 8.39. The van der Waals surface area contributed by atoms with Gasteiger partial charge in [-0.15, -0.1) is 5.10 Å². The summed E-state index contributed by atoms with van der Waals surface area (Å²) in [6.07, 6.45) is 0.888. The SMILES string of the molecule is CCCn1nnc(NC(=S)NC(=O)c2cc(Br)cc(C)c2OC)n1. The number of amides is 1. The summed E-state index contributed by atoms with van der Waals surface area (Å²) in [5.74, 6) is 0.325. The zero-order valence-corrected chi connectivity index (χ0v) is 15.9. The summed E-state index contributed by atoms with van der Waals surface area (Å²) in [6, 6.07) is 3.53. The lowest BCUT2D eigenvalue weighted by atomic mass is 10.1. The van der Waals surface area contributed by atoms with Crippen molar-refractivity contribution in [3.63, 3.8) is 0 Å². The quantitative estimate of drug-likeness (QED) is 0.727. The zero-order chi connectivity index (χ0) is 17.7. The summed E-state index contributed by atoms with van der Waals surface area (Å²) in [7, 11) is 1.51. The fraction of sp³-hybridized carbons (Fsp3) is 0.357. The second-order valence-corrected chi connectivity index (χ2v) is 6.24. The number of carbonyl (C=O) groups excluding carboxylic acids is 1. The molecule has 0 unspecified atom stereocenters. The second-order valence-electron chi connectivity index (χ2n) is 4.92. The van der Waals surface area contributed by atoms with E-state index in [1.807, 2.05) is 19.9 Å². The van der Waals surface area contributed by atoms with E-state index in [1.54, 1.807) is 6.07 Å². The molecule has 0 aliphatic rings. The number of benzene rings is 1. The zero-order valence-electron chi connectivity index (χ0n) is 13.5. The second kappa shape index (κ2) is 8.15. The number of aryl methyl sites for hydroxylation is 2. The van der Waals surface area contributed by atoms with Crippen LogP contribution in [0.2, 0.25) is 0 Å². The van der Waals surface area contributed by atoms with Crippen LogP contribution in [0.25, 0.3) is 0 Å². The van der Waals surface area contributed by atoms with Crippen LogP contribution in [0.1, 0.15) is 29.3 Å². The van der Waals surface area contributed by atoms with Crippen molar-refractivity contribution in [3.05, 3.63) is 27.7 Å². The molecule has 0 atom stereocenters. The summed E-state index contributed by atoms with van der Waals surface area (Å²) < 4.78 is 6.07. The van der Waals surface area contributed by atoms with Gasteiger partial charge in [0.05, 0.1) is 19.2 Å². The number of thiocarbonyl (C=S) groups is 1. The van der Waals surface area contributed by atoms with Crippen molar-refractivity contribution >= 4 is 45.1 Å². The third-order valence-electron chi connectivity index (χ3n) is 3.02. The minimum Gasteiger partial charge on any atom is -0.496 e. The molecule has 1 aromatic carbocycles. The fourth-order valence-corrected chi connectivity index (χ4v) is 2.82. The normalized spacial score (nSPS) is 10.3. The summed E-state index contributed by atoms with van der Waals surface area (Å²) in [5.41, 5.74) is 1.20. The highest BCUT2D eigenvalue weighted by atomic mass is 79.9. The topological polar surface area (TPSA) is 94.0 Å². The van der Waals surface area contributed by atoms with Crippen LogP contribution >= 0.6 is 28.1 Å². The van der Waals surface area contributed by atoms with Gasteiger partial charge in [0.1, 0.15) is 5.75 Å². The van der Waals surface area contributed by atoms with E-state index in [4.69, 9.17) is 17.0 Å². The minimum atomic E-state index is -0.394. The van der Waals surface area contributed by atoms with E-state index in [2.05, 4.69) is 42.0 Å². The van der Waals surface area contributed by atoms with Gasteiger partial charge < -0.3 is 4.74 Å². The van der Waals surface area contributed by atoms with Gasteiger partial charge in [0.25, 0.3) is 11.9 Å². The van der Waals surface area contributed by atoms with E-state index >= 15 is 0 Å². The lowest BCUT2D eigenvalue weighted by molar-refractivity contribution is 0.0974. The van der Waals surface area contributed by atoms with Crippen LogP contribution in [-0.2, 0) is 6.54 Å². The van der Waals surface area contributed by atoms with Crippen LogP contribution in [-0.4, -0.2) is 38.3 Å². The average molecular weight is 413 g/mol. The number of halogens is 1. The van der Waals surface area contributed by atoms with Crippen LogP contribution in [0.15, 0.2) is 16.6 Å². The molecule has 0 saturated heterocycles. The summed E-state index contributed by atoms with van der Waals surface area (Å²) in [5, 5.41) is 17.2. The molecule has 10 heteroatoms. The molecule has 0 saturated carbocycles. The highest BCUT2D eigenvalue weighted by molar-refractivity contribution is 9.10. The average Bonchev–Trinajstić information content (AvgIpc) is 2.93. The number of tetrazole rings is 1. The smallest absolute Gasteiger partial charge is 0.269 e. The largest absolute Gasteiger partial charge is 0.496 e. The Kier molecular flexibility index (Phi) is 6.21. The third-order valence-corrected chi connectivity index (χ3v) is 3.68. The molecule has 2 aromatic rings. The summed E-state index contributed by atoms with van der Waals surface area (Å²) in [6.45, 7) is 4.52. The van der Waals surface area contributed by atoms with Gasteiger partial charge in [-0.05, 0) is 48.5 Å². The molecule has 2 rings (SSSR count). The molecule has 2 N–H and O–H groups in total. The van der Waals surface area contributed by atoms with E-state index in [9.17, 15) is 4.79 Å². The van der Waals surface area contributed by atoms with Gasteiger partial charge in [-0.25, -0.2) is 0 Å². The predicted octanol–water partition coefficient (Wildman–Crippen LogP) is 2.29. The Hall–Kier alpha value is -2.07. The standard InChI is InChI=1S/C14H17BrN6O2S/c1-4-5-21-19-13(18-20-21)17-14(24)16-12(22)10-7-9(15)6-8(2)11(10)23-3/h6-7H,4-5H2,1-3H3,(H2,16,17,19,22,24). The van der Waals surface area contributed by atoms with Gasteiger partial charge in [-0.3, -0.25) is 15.4 Å². The van der Waals surface area contributed by atoms with Crippen molar-refractivity contribution in [3.8, 4) is 5.75 Å². The van der Waals surface area contributed by atoms with Gasteiger partial charge in [-0.2, -0.15) is 4.80 Å². The number of aromatic nitrogens is 4. The van der Waals surface area contributed by atoms with Crippen molar-refractivity contribution < 1.29 is 9.53 Å². The molecule has 1 aromatic heterocycles. The number of hydrogen-bond donors (Lipinski definition) is 2. The van der Waals surface area contributed by atoms with Crippen molar-refractivity contribution in [2.24, 2.45) is 0 Å². The fourth-order valence-electron chi connectivity index (χ4n) is 2.06. The third kappa shape index (κ3) is 4.48. The number of hydrogen-bond acceptors (Lipinski definition) is 6. The van der Waals surface area contributed by atoms with Gasteiger partial charge >= 0.3 is 0 Å². The van der Waals surface area contributed by atoms with E-state index in [-0.39, 0.29) is 11.1 Å². The highest BCUT2D eigenvalue weighted by Gasteiger charge is 2.17. The number of nitrogens with one attached hydrogen (secondary N) is 2. The molecule has 0 aliphatic heterocycles. The molecule has 0 bridgehead atoms. The monoisotopic (exact) mass is 412 g/mol. The predicted molar refractivity (Wildman–Crippen MR) is 97.2 cm³/mol. The summed E-state index contributed by atoms with van der Waals surface area (Å²) in [4.78, 5) is 13.9. The van der Waals surface area contributed by atoms with Crippen LogP contribution in [0.5, 0.6) is 5.75 Å². The lowest BCUT2D eigenvalue weighted by Crippen LogP contribution is -2.34. The molecular formula is C14H17BrN6O2S. The Balaban J connectivity index is 2.07. The number of methoxy groups -OCH3 is 1. The molecule has 1 heterocycles. The van der Waals surface area contributed by atoms with Crippen molar-refractivity contribution in [2.75, 3.05) is 12.4 Å².